The van der Waals surface area contributed by atoms with Crippen LogP contribution in [-0.2, 0) is 0 Å². The lowest BCUT2D eigenvalue weighted by Crippen LogP contribution is -2.48. The van der Waals surface area contributed by atoms with E-state index in [1.807, 2.05) is 0 Å². The molecule has 20 heavy (non-hydrogen) atoms. The van der Waals surface area contributed by atoms with Gasteiger partial charge in [0.2, 0.25) is 0 Å². The standard InChI is InChI=1S/C14H14ClN3O2/c15-9-6-20-13-8(9)1-2-16-12(13)14(19)18-11-4-7-3-10(11)17-5-7/h1-2,6-7,10-11,17H,3-5H2,(H,18,19). The van der Waals surface area contributed by atoms with E-state index < -0.39 is 0 Å². The fraction of sp³-hybridized carbons (Fsp3) is 0.429. The van der Waals surface area contributed by atoms with E-state index >= 15 is 0 Å². The molecule has 3 atom stereocenters. The third-order valence-corrected chi connectivity index (χ3v) is 4.60. The van der Waals surface area contributed by atoms with Gasteiger partial charge in [0.05, 0.1) is 5.02 Å². The average molecular weight is 292 g/mol. The highest BCUT2D eigenvalue weighted by Gasteiger charge is 2.40. The largest absolute Gasteiger partial charge is 0.460 e. The molecule has 4 rings (SSSR count). The minimum absolute atomic E-state index is 0.184. The molecule has 104 valence electrons. The quantitative estimate of drug-likeness (QED) is 0.888. The molecule has 5 nitrogen and oxygen atoms in total. The Morgan fingerprint density at radius 1 is 1.50 bits per heavy atom. The van der Waals surface area contributed by atoms with Crippen molar-refractivity contribution in [3.63, 3.8) is 0 Å². The molecule has 0 aromatic carbocycles. The summed E-state index contributed by atoms with van der Waals surface area (Å²) in [5.74, 6) is 0.494. The van der Waals surface area contributed by atoms with Gasteiger partial charge >= 0.3 is 0 Å². The molecule has 1 aliphatic heterocycles. The highest BCUT2D eigenvalue weighted by Crippen LogP contribution is 2.32. The maximum atomic E-state index is 12.4. The Labute approximate surface area is 120 Å². The summed E-state index contributed by atoms with van der Waals surface area (Å²) in [6.45, 7) is 1.07. The van der Waals surface area contributed by atoms with Gasteiger partial charge in [-0.2, -0.15) is 0 Å². The van der Waals surface area contributed by atoms with Crippen LogP contribution in [0, 0.1) is 5.92 Å². The Morgan fingerprint density at radius 2 is 2.40 bits per heavy atom. The number of carbonyl (C=O) groups is 1. The van der Waals surface area contributed by atoms with Crippen molar-refractivity contribution in [2.75, 3.05) is 6.54 Å². The lowest BCUT2D eigenvalue weighted by atomic mass is 10.1. The first-order valence-corrected chi connectivity index (χ1v) is 7.16. The van der Waals surface area contributed by atoms with Gasteiger partial charge in [0.25, 0.3) is 5.91 Å². The van der Waals surface area contributed by atoms with Crippen molar-refractivity contribution in [3.05, 3.63) is 29.2 Å². The summed E-state index contributed by atoms with van der Waals surface area (Å²) in [6, 6.07) is 2.32. The molecule has 2 aliphatic rings. The van der Waals surface area contributed by atoms with E-state index in [0.29, 0.717) is 28.3 Å². The fourth-order valence-electron chi connectivity index (χ4n) is 3.34. The maximum absolute atomic E-state index is 12.4. The monoisotopic (exact) mass is 291 g/mol. The Morgan fingerprint density at radius 3 is 3.15 bits per heavy atom. The number of rotatable bonds is 2. The molecule has 2 fully saturated rings. The van der Waals surface area contributed by atoms with E-state index in [-0.39, 0.29) is 11.9 Å². The average Bonchev–Trinajstić information content (AvgIpc) is 3.14. The number of piperidine rings is 1. The molecule has 1 saturated heterocycles. The number of hydrogen-bond donors (Lipinski definition) is 2. The predicted molar refractivity (Wildman–Crippen MR) is 74.8 cm³/mol. The molecule has 6 heteroatoms. The van der Waals surface area contributed by atoms with Gasteiger partial charge in [-0.25, -0.2) is 4.98 Å². The third-order valence-electron chi connectivity index (χ3n) is 4.30. The second kappa shape index (κ2) is 4.46. The molecule has 0 spiro atoms. The first-order valence-electron chi connectivity index (χ1n) is 6.78. The zero-order valence-corrected chi connectivity index (χ0v) is 11.5. The van der Waals surface area contributed by atoms with Crippen LogP contribution in [0.25, 0.3) is 11.0 Å². The molecular formula is C14H14ClN3O2. The topological polar surface area (TPSA) is 67.2 Å². The van der Waals surface area contributed by atoms with Gasteiger partial charge in [-0.1, -0.05) is 11.6 Å². The van der Waals surface area contributed by atoms with Gasteiger partial charge in [-0.15, -0.1) is 0 Å². The minimum Gasteiger partial charge on any atom is -0.460 e. The third kappa shape index (κ3) is 1.81. The number of hydrogen-bond acceptors (Lipinski definition) is 4. The van der Waals surface area contributed by atoms with Crippen LogP contribution in [0.3, 0.4) is 0 Å². The van der Waals surface area contributed by atoms with Crippen LogP contribution in [0.5, 0.6) is 0 Å². The van der Waals surface area contributed by atoms with Crippen molar-refractivity contribution in [1.82, 2.24) is 15.6 Å². The number of carbonyl (C=O) groups excluding carboxylic acids is 1. The number of halogens is 1. The smallest absolute Gasteiger partial charge is 0.274 e. The van der Waals surface area contributed by atoms with Gasteiger partial charge in [-0.05, 0) is 31.4 Å². The van der Waals surface area contributed by atoms with Crippen LogP contribution < -0.4 is 10.6 Å². The van der Waals surface area contributed by atoms with Gasteiger partial charge in [0.15, 0.2) is 11.3 Å². The summed E-state index contributed by atoms with van der Waals surface area (Å²) in [6.07, 6.45) is 5.20. The zero-order chi connectivity index (χ0) is 13.7. The minimum atomic E-state index is -0.194. The second-order valence-electron chi connectivity index (χ2n) is 5.55. The van der Waals surface area contributed by atoms with E-state index in [0.717, 1.165) is 24.8 Å². The van der Waals surface area contributed by atoms with Crippen LogP contribution in [0.1, 0.15) is 23.3 Å². The molecule has 2 bridgehead atoms. The van der Waals surface area contributed by atoms with Gasteiger partial charge in [0, 0.05) is 23.7 Å². The summed E-state index contributed by atoms with van der Waals surface area (Å²) < 4.78 is 5.36. The maximum Gasteiger partial charge on any atom is 0.274 e. The predicted octanol–water partition coefficient (Wildman–Crippen LogP) is 1.96. The molecule has 3 heterocycles. The number of pyridine rings is 1. The Hall–Kier alpha value is -1.59. The molecule has 3 unspecified atom stereocenters. The highest BCUT2D eigenvalue weighted by molar-refractivity contribution is 6.35. The number of nitrogens with one attached hydrogen (secondary N) is 2. The first kappa shape index (κ1) is 12.2. The normalized spacial score (nSPS) is 28.1. The lowest BCUT2D eigenvalue weighted by Gasteiger charge is -2.23. The Kier molecular flexibility index (Phi) is 2.72. The van der Waals surface area contributed by atoms with Crippen molar-refractivity contribution in [3.8, 4) is 0 Å². The number of furan rings is 1. The van der Waals surface area contributed by atoms with Crippen LogP contribution in [0.4, 0.5) is 0 Å². The van der Waals surface area contributed by atoms with Crippen LogP contribution in [0.2, 0.25) is 5.02 Å². The second-order valence-corrected chi connectivity index (χ2v) is 5.96. The Bertz CT molecular complexity index is 684. The van der Waals surface area contributed by atoms with Crippen LogP contribution in [-0.4, -0.2) is 29.5 Å². The van der Waals surface area contributed by atoms with E-state index in [9.17, 15) is 4.79 Å². The summed E-state index contributed by atoms with van der Waals surface area (Å²) in [4.78, 5) is 16.5. The van der Waals surface area contributed by atoms with E-state index in [2.05, 4.69) is 15.6 Å². The van der Waals surface area contributed by atoms with Crippen LogP contribution >= 0.6 is 11.6 Å². The zero-order valence-electron chi connectivity index (χ0n) is 10.7. The van der Waals surface area contributed by atoms with Gasteiger partial charge in [-0.3, -0.25) is 4.79 Å². The van der Waals surface area contributed by atoms with E-state index in [1.54, 1.807) is 12.3 Å². The molecule has 2 N–H and O–H groups in total. The number of fused-ring (bicyclic) bond motifs is 3. The number of nitrogens with zero attached hydrogens (tertiary/aromatic N) is 1. The Balaban J connectivity index is 1.61. The van der Waals surface area contributed by atoms with Crippen molar-refractivity contribution in [1.29, 1.82) is 0 Å². The summed E-state index contributed by atoms with van der Waals surface area (Å²) >= 11 is 6.01. The number of amides is 1. The molecular weight excluding hydrogens is 278 g/mol. The molecule has 1 aliphatic carbocycles. The highest BCUT2D eigenvalue weighted by atomic mass is 35.5. The molecule has 1 amide bonds. The first-order chi connectivity index (χ1) is 9.72. The fourth-order valence-corrected chi connectivity index (χ4v) is 3.53. The summed E-state index contributed by atoms with van der Waals surface area (Å²) in [5, 5.41) is 7.70. The van der Waals surface area contributed by atoms with Crippen LogP contribution in [0.15, 0.2) is 22.9 Å². The van der Waals surface area contributed by atoms with Crippen molar-refractivity contribution in [2.24, 2.45) is 5.92 Å². The molecule has 2 aromatic rings. The van der Waals surface area contributed by atoms with Crippen molar-refractivity contribution in [2.45, 2.75) is 24.9 Å². The van der Waals surface area contributed by atoms with Gasteiger partial charge in [0.1, 0.15) is 6.26 Å². The molecule has 0 radical (unpaired) electrons. The summed E-state index contributed by atoms with van der Waals surface area (Å²) in [5.41, 5.74) is 0.753. The SMILES string of the molecule is O=C(NC1CC2CNC1C2)c1nccc2c(Cl)coc12. The van der Waals surface area contributed by atoms with Crippen molar-refractivity contribution >= 4 is 28.5 Å². The van der Waals surface area contributed by atoms with Crippen molar-refractivity contribution < 1.29 is 9.21 Å². The van der Waals surface area contributed by atoms with E-state index in [4.69, 9.17) is 16.0 Å². The lowest BCUT2D eigenvalue weighted by molar-refractivity contribution is 0.0924. The summed E-state index contributed by atoms with van der Waals surface area (Å²) in [7, 11) is 0. The molecule has 1 saturated carbocycles. The number of aromatic nitrogens is 1. The molecule has 2 aromatic heterocycles. The van der Waals surface area contributed by atoms with Gasteiger partial charge < -0.3 is 15.1 Å². The van der Waals surface area contributed by atoms with E-state index in [1.165, 1.54) is 6.26 Å².